The molecule has 0 aliphatic carbocycles. The fraction of sp³-hybridized carbons (Fsp3) is 0.167. The van der Waals surface area contributed by atoms with Crippen LogP contribution in [0.5, 0.6) is 5.75 Å². The number of ether oxygens (including phenoxy) is 2. The number of ketones is 1. The summed E-state index contributed by atoms with van der Waals surface area (Å²) in [7, 11) is 1.54. The van der Waals surface area contributed by atoms with E-state index in [0.717, 1.165) is 0 Å². The molecule has 0 aliphatic rings. The molecule has 0 radical (unpaired) electrons. The van der Waals surface area contributed by atoms with Crippen LogP contribution < -0.4 is 10.1 Å². The first-order valence-electron chi connectivity index (χ1n) is 7.21. The van der Waals surface area contributed by atoms with Crippen molar-refractivity contribution in [1.29, 1.82) is 0 Å². The lowest BCUT2D eigenvalue weighted by molar-refractivity contribution is -0.114. The van der Waals surface area contributed by atoms with Gasteiger partial charge in [0.25, 0.3) is 0 Å². The minimum Gasteiger partial charge on any atom is -0.497 e. The molecule has 0 saturated carbocycles. The maximum Gasteiger partial charge on any atom is 0.338 e. The highest BCUT2D eigenvalue weighted by atomic mass is 16.5. The van der Waals surface area contributed by atoms with Crippen molar-refractivity contribution in [2.75, 3.05) is 19.0 Å². The zero-order valence-corrected chi connectivity index (χ0v) is 13.4. The van der Waals surface area contributed by atoms with Gasteiger partial charge in [0.1, 0.15) is 5.75 Å². The van der Waals surface area contributed by atoms with Gasteiger partial charge in [-0.2, -0.15) is 0 Å². The highest BCUT2D eigenvalue weighted by molar-refractivity contribution is 5.99. The van der Waals surface area contributed by atoms with Crippen LogP contribution in [0.1, 0.15) is 27.6 Å². The third-order valence-electron chi connectivity index (χ3n) is 3.16. The lowest BCUT2D eigenvalue weighted by Gasteiger charge is -2.07. The molecule has 0 aliphatic heterocycles. The van der Waals surface area contributed by atoms with E-state index >= 15 is 0 Å². The van der Waals surface area contributed by atoms with Crippen LogP contribution in [-0.2, 0) is 9.53 Å². The van der Waals surface area contributed by atoms with Crippen molar-refractivity contribution in [1.82, 2.24) is 0 Å². The fourth-order valence-electron chi connectivity index (χ4n) is 2.00. The second kappa shape index (κ2) is 7.92. The molecular weight excluding hydrogens is 310 g/mol. The summed E-state index contributed by atoms with van der Waals surface area (Å²) in [6, 6.07) is 12.8. The monoisotopic (exact) mass is 327 g/mol. The Morgan fingerprint density at radius 3 is 2.33 bits per heavy atom. The van der Waals surface area contributed by atoms with Crippen molar-refractivity contribution in [2.24, 2.45) is 0 Å². The van der Waals surface area contributed by atoms with Gasteiger partial charge in [-0.25, -0.2) is 4.79 Å². The van der Waals surface area contributed by atoms with Crippen LogP contribution in [0.3, 0.4) is 0 Å². The molecule has 0 bridgehead atoms. The molecule has 24 heavy (non-hydrogen) atoms. The van der Waals surface area contributed by atoms with Crippen LogP contribution in [-0.4, -0.2) is 31.4 Å². The smallest absolute Gasteiger partial charge is 0.338 e. The minimum absolute atomic E-state index is 0.241. The Balaban J connectivity index is 1.96. The van der Waals surface area contributed by atoms with Crippen LogP contribution in [0.15, 0.2) is 48.5 Å². The fourth-order valence-corrected chi connectivity index (χ4v) is 2.00. The van der Waals surface area contributed by atoms with Gasteiger partial charge in [0.15, 0.2) is 12.4 Å². The third-order valence-corrected chi connectivity index (χ3v) is 3.16. The summed E-state index contributed by atoms with van der Waals surface area (Å²) in [4.78, 5) is 35.1. The van der Waals surface area contributed by atoms with Gasteiger partial charge in [-0.05, 0) is 42.5 Å². The molecule has 1 amide bonds. The average molecular weight is 327 g/mol. The number of nitrogens with one attached hydrogen (secondary N) is 1. The number of rotatable bonds is 6. The van der Waals surface area contributed by atoms with Gasteiger partial charge in [0, 0.05) is 18.2 Å². The number of anilines is 1. The van der Waals surface area contributed by atoms with E-state index < -0.39 is 5.97 Å². The standard InChI is InChI=1S/C18H17NO5/c1-12(20)19-15-5-3-4-14(10-15)18(22)24-11-17(21)13-6-8-16(23-2)9-7-13/h3-10H,11H2,1-2H3,(H,19,20). The van der Waals surface area contributed by atoms with E-state index in [1.54, 1.807) is 42.5 Å². The van der Waals surface area contributed by atoms with Gasteiger partial charge in [0.2, 0.25) is 5.91 Å². The zero-order chi connectivity index (χ0) is 17.5. The van der Waals surface area contributed by atoms with E-state index in [1.807, 2.05) is 0 Å². The van der Waals surface area contributed by atoms with E-state index in [0.29, 0.717) is 17.0 Å². The van der Waals surface area contributed by atoms with Crippen LogP contribution in [0.2, 0.25) is 0 Å². The highest BCUT2D eigenvalue weighted by Gasteiger charge is 2.12. The van der Waals surface area contributed by atoms with Gasteiger partial charge in [-0.1, -0.05) is 6.07 Å². The van der Waals surface area contributed by atoms with Gasteiger partial charge < -0.3 is 14.8 Å². The number of Topliss-reactive ketones (excluding diaryl/α,β-unsaturated/α-hetero) is 1. The summed E-state index contributed by atoms with van der Waals surface area (Å²) < 4.78 is 10.0. The molecular formula is C18H17NO5. The number of amides is 1. The molecule has 2 aromatic rings. The Morgan fingerprint density at radius 2 is 1.71 bits per heavy atom. The Hall–Kier alpha value is -3.15. The summed E-state index contributed by atoms with van der Waals surface area (Å²) >= 11 is 0. The normalized spacial score (nSPS) is 9.92. The predicted octanol–water partition coefficient (Wildman–Crippen LogP) is 2.69. The molecule has 0 unspecified atom stereocenters. The number of carbonyl (C=O) groups excluding carboxylic acids is 3. The summed E-state index contributed by atoms with van der Waals surface area (Å²) in [5.74, 6) is -0.554. The van der Waals surface area contributed by atoms with Crippen LogP contribution in [0.25, 0.3) is 0 Å². The summed E-state index contributed by atoms with van der Waals surface area (Å²) in [5.41, 5.74) is 1.16. The van der Waals surface area contributed by atoms with Crippen molar-refractivity contribution >= 4 is 23.3 Å². The predicted molar refractivity (Wildman–Crippen MR) is 88.4 cm³/mol. The third kappa shape index (κ3) is 4.67. The Labute approximate surface area is 139 Å². The largest absolute Gasteiger partial charge is 0.497 e. The summed E-state index contributed by atoms with van der Waals surface area (Å²) in [6.07, 6.45) is 0. The molecule has 2 rings (SSSR count). The number of hydrogen-bond acceptors (Lipinski definition) is 5. The van der Waals surface area contributed by atoms with Crippen molar-refractivity contribution < 1.29 is 23.9 Å². The first-order valence-corrected chi connectivity index (χ1v) is 7.21. The number of hydrogen-bond donors (Lipinski definition) is 1. The SMILES string of the molecule is COc1ccc(C(=O)COC(=O)c2cccc(NC(C)=O)c2)cc1. The second-order valence-corrected chi connectivity index (χ2v) is 4.99. The van der Waals surface area contributed by atoms with Gasteiger partial charge >= 0.3 is 5.97 Å². The van der Waals surface area contributed by atoms with Crippen LogP contribution in [0, 0.1) is 0 Å². The van der Waals surface area contributed by atoms with Crippen molar-refractivity contribution in [2.45, 2.75) is 6.92 Å². The number of benzene rings is 2. The summed E-state index contributed by atoms with van der Waals surface area (Å²) in [5, 5.41) is 2.58. The molecule has 0 atom stereocenters. The molecule has 0 heterocycles. The van der Waals surface area contributed by atoms with Crippen LogP contribution in [0.4, 0.5) is 5.69 Å². The zero-order valence-electron chi connectivity index (χ0n) is 13.4. The van der Waals surface area contributed by atoms with Gasteiger partial charge in [0.05, 0.1) is 12.7 Å². The molecule has 124 valence electrons. The second-order valence-electron chi connectivity index (χ2n) is 4.99. The first kappa shape index (κ1) is 17.2. The Morgan fingerprint density at radius 1 is 1.00 bits per heavy atom. The number of carbonyl (C=O) groups is 3. The Kier molecular flexibility index (Phi) is 5.68. The highest BCUT2D eigenvalue weighted by Crippen LogP contribution is 2.14. The quantitative estimate of drug-likeness (QED) is 0.651. The summed E-state index contributed by atoms with van der Waals surface area (Å²) in [6.45, 7) is 1.01. The van der Waals surface area contributed by atoms with E-state index in [2.05, 4.69) is 5.32 Å². The average Bonchev–Trinajstić information content (AvgIpc) is 2.59. The topological polar surface area (TPSA) is 81.7 Å². The lowest BCUT2D eigenvalue weighted by atomic mass is 10.1. The molecule has 0 aromatic heterocycles. The number of methoxy groups -OCH3 is 1. The van der Waals surface area contributed by atoms with Gasteiger partial charge in [-0.15, -0.1) is 0 Å². The van der Waals surface area contributed by atoms with Crippen molar-refractivity contribution in [3.8, 4) is 5.75 Å². The molecule has 1 N–H and O–H groups in total. The van der Waals surface area contributed by atoms with Gasteiger partial charge in [-0.3, -0.25) is 9.59 Å². The molecule has 6 nitrogen and oxygen atoms in total. The molecule has 2 aromatic carbocycles. The first-order chi connectivity index (χ1) is 11.5. The van der Waals surface area contributed by atoms with E-state index in [-0.39, 0.29) is 23.9 Å². The van der Waals surface area contributed by atoms with Crippen molar-refractivity contribution in [3.05, 3.63) is 59.7 Å². The molecule has 6 heteroatoms. The minimum atomic E-state index is -0.635. The molecule has 0 spiro atoms. The maximum atomic E-state index is 12.0. The number of esters is 1. The molecule has 0 fully saturated rings. The van der Waals surface area contributed by atoms with E-state index in [1.165, 1.54) is 20.1 Å². The Bertz CT molecular complexity index is 752. The van der Waals surface area contributed by atoms with E-state index in [9.17, 15) is 14.4 Å². The van der Waals surface area contributed by atoms with E-state index in [4.69, 9.17) is 9.47 Å². The maximum absolute atomic E-state index is 12.0. The molecule has 0 saturated heterocycles. The van der Waals surface area contributed by atoms with Crippen LogP contribution >= 0.6 is 0 Å². The lowest BCUT2D eigenvalue weighted by Crippen LogP contribution is -2.14. The van der Waals surface area contributed by atoms with Crippen molar-refractivity contribution in [3.63, 3.8) is 0 Å².